The average Bonchev–Trinajstić information content (AvgIpc) is 3.54. The topological polar surface area (TPSA) is 94.2 Å². The van der Waals surface area contributed by atoms with Crippen LogP contribution in [0.3, 0.4) is 0 Å². The van der Waals surface area contributed by atoms with E-state index in [1.54, 1.807) is 0 Å². The SMILES string of the molecule is CC(C)(C)Nc1c(-c2ccccc2OCCN2CCOCC2)nc2c3ncn(CCN4CCOCC4)c3ncn12. The molecule has 0 spiro atoms. The molecule has 0 radical (unpaired) electrons. The molecule has 0 bridgehead atoms. The molecule has 3 aromatic heterocycles. The van der Waals surface area contributed by atoms with Crippen LogP contribution in [0.2, 0.25) is 0 Å². The van der Waals surface area contributed by atoms with E-state index in [1.807, 2.05) is 35.3 Å². The van der Waals surface area contributed by atoms with E-state index in [0.29, 0.717) is 6.61 Å². The molecule has 11 nitrogen and oxygen atoms in total. The van der Waals surface area contributed by atoms with Crippen LogP contribution in [0.4, 0.5) is 5.82 Å². The van der Waals surface area contributed by atoms with Gasteiger partial charge in [-0.05, 0) is 32.9 Å². The molecule has 6 rings (SSSR count). The number of benzene rings is 1. The van der Waals surface area contributed by atoms with E-state index in [0.717, 1.165) is 112 Å². The maximum absolute atomic E-state index is 6.35. The van der Waals surface area contributed by atoms with Crippen LogP contribution in [0.1, 0.15) is 20.8 Å². The molecule has 2 fully saturated rings. The number of nitrogens with one attached hydrogen (secondary N) is 1. The fraction of sp³-hybridized carbons (Fsp3) is 0.552. The Morgan fingerprint density at radius 1 is 0.850 bits per heavy atom. The Balaban J connectivity index is 1.32. The van der Waals surface area contributed by atoms with Gasteiger partial charge in [0.1, 0.15) is 30.2 Å². The molecule has 2 aliphatic rings. The third-order valence-corrected chi connectivity index (χ3v) is 7.39. The van der Waals surface area contributed by atoms with Crippen molar-refractivity contribution in [1.82, 2.24) is 33.7 Å². The summed E-state index contributed by atoms with van der Waals surface area (Å²) in [6.07, 6.45) is 3.74. The molecule has 1 N–H and O–H groups in total. The maximum atomic E-state index is 6.35. The molecule has 40 heavy (non-hydrogen) atoms. The number of anilines is 1. The minimum absolute atomic E-state index is 0.191. The minimum Gasteiger partial charge on any atom is -0.492 e. The van der Waals surface area contributed by atoms with Gasteiger partial charge >= 0.3 is 0 Å². The van der Waals surface area contributed by atoms with Gasteiger partial charge < -0.3 is 24.1 Å². The van der Waals surface area contributed by atoms with Gasteiger partial charge in [-0.15, -0.1) is 0 Å². The first-order valence-electron chi connectivity index (χ1n) is 14.3. The van der Waals surface area contributed by atoms with E-state index in [4.69, 9.17) is 29.2 Å². The van der Waals surface area contributed by atoms with Crippen LogP contribution in [-0.4, -0.2) is 112 Å². The predicted molar refractivity (Wildman–Crippen MR) is 155 cm³/mol. The summed E-state index contributed by atoms with van der Waals surface area (Å²) in [7, 11) is 0. The number of hydrogen-bond acceptors (Lipinski definition) is 9. The van der Waals surface area contributed by atoms with Crippen LogP contribution >= 0.6 is 0 Å². The standard InChI is InChI=1S/C29H40N8O3/c1-29(2,3)33-28-24(22-6-4-5-7-23(22)40-19-14-35-12-17-39-18-13-35)32-27-25-26(31-21-37(27)28)36(20-30-25)9-8-34-10-15-38-16-11-34/h4-7,20-21,33H,8-19H2,1-3H3. The molecule has 0 saturated carbocycles. The predicted octanol–water partition coefficient (Wildman–Crippen LogP) is 3.00. The molecule has 11 heteroatoms. The first kappa shape index (κ1) is 26.9. The van der Waals surface area contributed by atoms with Gasteiger partial charge in [0.2, 0.25) is 0 Å². The number of rotatable bonds is 9. The van der Waals surface area contributed by atoms with Crippen molar-refractivity contribution in [3.8, 4) is 17.0 Å². The second kappa shape index (κ2) is 11.7. The zero-order valence-corrected chi connectivity index (χ0v) is 23.8. The lowest BCUT2D eigenvalue weighted by molar-refractivity contribution is 0.0323. The second-order valence-corrected chi connectivity index (χ2v) is 11.5. The lowest BCUT2D eigenvalue weighted by atomic mass is 10.1. The molecule has 0 atom stereocenters. The molecule has 0 aliphatic carbocycles. The minimum atomic E-state index is -0.191. The Bertz CT molecular complexity index is 1430. The summed E-state index contributed by atoms with van der Waals surface area (Å²) in [5.41, 5.74) is 3.99. The van der Waals surface area contributed by atoms with E-state index >= 15 is 0 Å². The quantitative estimate of drug-likeness (QED) is 0.339. The number of fused-ring (bicyclic) bond motifs is 3. The number of ether oxygens (including phenoxy) is 3. The fourth-order valence-electron chi connectivity index (χ4n) is 5.29. The Hall–Kier alpha value is -3.25. The number of morpholine rings is 2. The summed E-state index contributed by atoms with van der Waals surface area (Å²) >= 11 is 0. The van der Waals surface area contributed by atoms with Gasteiger partial charge in [0.25, 0.3) is 0 Å². The number of nitrogens with zero attached hydrogens (tertiary/aromatic N) is 7. The normalized spacial score (nSPS) is 17.6. The second-order valence-electron chi connectivity index (χ2n) is 11.5. The van der Waals surface area contributed by atoms with Crippen molar-refractivity contribution >= 4 is 22.6 Å². The van der Waals surface area contributed by atoms with Crippen LogP contribution in [0.5, 0.6) is 5.75 Å². The number of para-hydroxylation sites is 1. The lowest BCUT2D eigenvalue weighted by Gasteiger charge is -2.26. The lowest BCUT2D eigenvalue weighted by Crippen LogP contribution is -2.38. The highest BCUT2D eigenvalue weighted by Crippen LogP contribution is 2.37. The highest BCUT2D eigenvalue weighted by molar-refractivity contribution is 5.91. The Morgan fingerprint density at radius 2 is 1.55 bits per heavy atom. The highest BCUT2D eigenvalue weighted by Gasteiger charge is 2.24. The van der Waals surface area contributed by atoms with Gasteiger partial charge in [0, 0.05) is 56.9 Å². The summed E-state index contributed by atoms with van der Waals surface area (Å²) in [6, 6.07) is 8.14. The van der Waals surface area contributed by atoms with Crippen molar-refractivity contribution in [3.05, 3.63) is 36.9 Å². The van der Waals surface area contributed by atoms with E-state index < -0.39 is 0 Å². The first-order valence-corrected chi connectivity index (χ1v) is 14.3. The Labute approximate surface area is 235 Å². The molecule has 2 aliphatic heterocycles. The van der Waals surface area contributed by atoms with Crippen molar-refractivity contribution in [2.24, 2.45) is 0 Å². The maximum Gasteiger partial charge on any atom is 0.170 e. The molecular weight excluding hydrogens is 508 g/mol. The third-order valence-electron chi connectivity index (χ3n) is 7.39. The molecule has 0 unspecified atom stereocenters. The summed E-state index contributed by atoms with van der Waals surface area (Å²) in [4.78, 5) is 19.6. The first-order chi connectivity index (χ1) is 19.5. The molecule has 2 saturated heterocycles. The number of imidazole rings is 2. The van der Waals surface area contributed by atoms with Gasteiger partial charge in [-0.1, -0.05) is 12.1 Å². The van der Waals surface area contributed by atoms with E-state index in [9.17, 15) is 0 Å². The van der Waals surface area contributed by atoms with Crippen molar-refractivity contribution < 1.29 is 14.2 Å². The van der Waals surface area contributed by atoms with Crippen molar-refractivity contribution in [3.63, 3.8) is 0 Å². The average molecular weight is 549 g/mol. The summed E-state index contributed by atoms with van der Waals surface area (Å²) < 4.78 is 21.5. The summed E-state index contributed by atoms with van der Waals surface area (Å²) in [5, 5.41) is 3.68. The van der Waals surface area contributed by atoms with Crippen LogP contribution in [0.15, 0.2) is 36.9 Å². The molecule has 4 aromatic rings. The molecular formula is C29H40N8O3. The van der Waals surface area contributed by atoms with Crippen molar-refractivity contribution in [2.45, 2.75) is 32.9 Å². The molecule has 0 amide bonds. The van der Waals surface area contributed by atoms with Crippen molar-refractivity contribution in [2.75, 3.05) is 77.6 Å². The van der Waals surface area contributed by atoms with Gasteiger partial charge in [0.05, 0.1) is 32.8 Å². The number of hydrogen-bond donors (Lipinski definition) is 1. The molecule has 214 valence electrons. The number of aromatic nitrogens is 5. The highest BCUT2D eigenvalue weighted by atomic mass is 16.5. The summed E-state index contributed by atoms with van der Waals surface area (Å²) in [6.45, 7) is 16.6. The van der Waals surface area contributed by atoms with Gasteiger partial charge in [-0.3, -0.25) is 14.2 Å². The smallest absolute Gasteiger partial charge is 0.170 e. The largest absolute Gasteiger partial charge is 0.492 e. The Morgan fingerprint density at radius 3 is 2.27 bits per heavy atom. The van der Waals surface area contributed by atoms with Gasteiger partial charge in [0.15, 0.2) is 16.8 Å². The monoisotopic (exact) mass is 548 g/mol. The van der Waals surface area contributed by atoms with Gasteiger partial charge in [-0.25, -0.2) is 15.0 Å². The Kier molecular flexibility index (Phi) is 7.88. The fourth-order valence-corrected chi connectivity index (χ4v) is 5.29. The van der Waals surface area contributed by atoms with E-state index in [-0.39, 0.29) is 5.54 Å². The summed E-state index contributed by atoms with van der Waals surface area (Å²) in [5.74, 6) is 1.69. The molecule has 5 heterocycles. The van der Waals surface area contributed by atoms with Crippen molar-refractivity contribution in [1.29, 1.82) is 0 Å². The van der Waals surface area contributed by atoms with Crippen LogP contribution in [0, 0.1) is 0 Å². The van der Waals surface area contributed by atoms with E-state index in [1.165, 1.54) is 0 Å². The third kappa shape index (κ3) is 5.92. The van der Waals surface area contributed by atoms with Gasteiger partial charge in [-0.2, -0.15) is 0 Å². The zero-order valence-electron chi connectivity index (χ0n) is 23.8. The van der Waals surface area contributed by atoms with Crippen LogP contribution in [0.25, 0.3) is 28.1 Å². The zero-order chi connectivity index (χ0) is 27.5. The van der Waals surface area contributed by atoms with E-state index in [2.05, 4.69) is 46.5 Å². The molecule has 1 aromatic carbocycles. The van der Waals surface area contributed by atoms with Crippen LogP contribution in [-0.2, 0) is 16.0 Å². The van der Waals surface area contributed by atoms with Crippen LogP contribution < -0.4 is 10.1 Å².